The predicted molar refractivity (Wildman–Crippen MR) is 86.1 cm³/mol. The minimum Gasteiger partial charge on any atom is -0.388 e. The highest BCUT2D eigenvalue weighted by Gasteiger charge is 2.11. The third-order valence-electron chi connectivity index (χ3n) is 3.83. The van der Waals surface area contributed by atoms with Crippen molar-refractivity contribution >= 4 is 10.9 Å². The Labute approximate surface area is 125 Å². The number of benzene rings is 2. The molecule has 0 fully saturated rings. The van der Waals surface area contributed by atoms with Gasteiger partial charge in [0.1, 0.15) is 0 Å². The summed E-state index contributed by atoms with van der Waals surface area (Å²) < 4.78 is 0. The number of aromatic nitrogens is 1. The van der Waals surface area contributed by atoms with Gasteiger partial charge >= 0.3 is 0 Å². The molecule has 106 valence electrons. The van der Waals surface area contributed by atoms with E-state index >= 15 is 0 Å². The first-order valence-corrected chi connectivity index (χ1v) is 7.40. The second-order valence-electron chi connectivity index (χ2n) is 5.31. The summed E-state index contributed by atoms with van der Waals surface area (Å²) in [5.74, 6) is 0. The molecule has 1 unspecified atom stereocenters. The molecule has 0 amide bonds. The number of pyridine rings is 1. The number of aliphatic hydroxyl groups is 1. The van der Waals surface area contributed by atoms with E-state index in [0.29, 0.717) is 0 Å². The summed E-state index contributed by atoms with van der Waals surface area (Å²) in [4.78, 5) is 4.34. The van der Waals surface area contributed by atoms with Gasteiger partial charge in [0, 0.05) is 11.6 Å². The van der Waals surface area contributed by atoms with Crippen LogP contribution in [-0.4, -0.2) is 10.1 Å². The summed E-state index contributed by atoms with van der Waals surface area (Å²) in [6, 6.07) is 20.3. The molecule has 21 heavy (non-hydrogen) atoms. The zero-order valence-electron chi connectivity index (χ0n) is 11.9. The fourth-order valence-corrected chi connectivity index (χ4v) is 2.71. The summed E-state index contributed by atoms with van der Waals surface area (Å²) >= 11 is 0. The third-order valence-corrected chi connectivity index (χ3v) is 3.83. The third kappa shape index (κ3) is 3.29. The summed E-state index contributed by atoms with van der Waals surface area (Å²) in [5, 5.41) is 11.5. The summed E-state index contributed by atoms with van der Waals surface area (Å²) in [6.07, 6.45) is 4.09. The van der Waals surface area contributed by atoms with Crippen molar-refractivity contribution in [2.24, 2.45) is 0 Å². The molecule has 0 radical (unpaired) electrons. The van der Waals surface area contributed by atoms with Crippen LogP contribution < -0.4 is 0 Å². The lowest BCUT2D eigenvalue weighted by atomic mass is 9.98. The first kappa shape index (κ1) is 13.8. The SMILES string of the molecule is OC(CCCc1ccccc1)c1ccnc2ccccc12. The van der Waals surface area contributed by atoms with Crippen molar-refractivity contribution in [1.29, 1.82) is 0 Å². The normalized spacial score (nSPS) is 12.4. The molecule has 0 spiro atoms. The van der Waals surface area contributed by atoms with Gasteiger partial charge in [-0.05, 0) is 42.5 Å². The van der Waals surface area contributed by atoms with Crippen molar-refractivity contribution in [3.05, 3.63) is 78.0 Å². The van der Waals surface area contributed by atoms with E-state index in [1.165, 1.54) is 5.56 Å². The van der Waals surface area contributed by atoms with Crippen LogP contribution in [0.15, 0.2) is 66.9 Å². The van der Waals surface area contributed by atoms with Crippen LogP contribution in [-0.2, 0) is 6.42 Å². The highest BCUT2D eigenvalue weighted by atomic mass is 16.3. The predicted octanol–water partition coefficient (Wildman–Crippen LogP) is 4.29. The van der Waals surface area contributed by atoms with Crippen LogP contribution in [0.5, 0.6) is 0 Å². The monoisotopic (exact) mass is 277 g/mol. The molecule has 3 rings (SSSR count). The van der Waals surface area contributed by atoms with Crippen molar-refractivity contribution < 1.29 is 5.11 Å². The molecule has 0 aliphatic heterocycles. The number of rotatable bonds is 5. The zero-order chi connectivity index (χ0) is 14.5. The lowest BCUT2D eigenvalue weighted by Crippen LogP contribution is -2.00. The van der Waals surface area contributed by atoms with Gasteiger partial charge in [0.05, 0.1) is 11.6 Å². The number of aryl methyl sites for hydroxylation is 1. The fourth-order valence-electron chi connectivity index (χ4n) is 2.71. The number of aliphatic hydroxyl groups excluding tert-OH is 1. The van der Waals surface area contributed by atoms with Gasteiger partial charge in [0.15, 0.2) is 0 Å². The summed E-state index contributed by atoms with van der Waals surface area (Å²) in [7, 11) is 0. The Morgan fingerprint density at radius 2 is 1.67 bits per heavy atom. The maximum atomic E-state index is 10.5. The Kier molecular flexibility index (Phi) is 4.27. The van der Waals surface area contributed by atoms with Gasteiger partial charge in [-0.15, -0.1) is 0 Å². The molecular formula is C19H19NO. The van der Waals surface area contributed by atoms with Crippen LogP contribution in [0.3, 0.4) is 0 Å². The molecule has 0 saturated carbocycles. The molecule has 0 bridgehead atoms. The minimum atomic E-state index is -0.429. The van der Waals surface area contributed by atoms with E-state index in [-0.39, 0.29) is 0 Å². The van der Waals surface area contributed by atoms with E-state index in [1.807, 2.05) is 36.4 Å². The van der Waals surface area contributed by atoms with Crippen molar-refractivity contribution in [2.45, 2.75) is 25.4 Å². The molecular weight excluding hydrogens is 258 g/mol. The van der Waals surface area contributed by atoms with Gasteiger partial charge in [-0.1, -0.05) is 48.5 Å². The number of para-hydroxylation sites is 1. The van der Waals surface area contributed by atoms with Crippen LogP contribution in [0.1, 0.15) is 30.1 Å². The molecule has 1 aromatic heterocycles. The van der Waals surface area contributed by atoms with Gasteiger partial charge in [-0.2, -0.15) is 0 Å². The highest BCUT2D eigenvalue weighted by molar-refractivity contribution is 5.82. The molecule has 0 aliphatic rings. The quantitative estimate of drug-likeness (QED) is 0.754. The van der Waals surface area contributed by atoms with Crippen LogP contribution >= 0.6 is 0 Å². The fraction of sp³-hybridized carbons (Fsp3) is 0.211. The van der Waals surface area contributed by atoms with Crippen molar-refractivity contribution in [1.82, 2.24) is 4.98 Å². The van der Waals surface area contributed by atoms with E-state index in [4.69, 9.17) is 0 Å². The van der Waals surface area contributed by atoms with Crippen LogP contribution in [0.2, 0.25) is 0 Å². The largest absolute Gasteiger partial charge is 0.388 e. The highest BCUT2D eigenvalue weighted by Crippen LogP contribution is 2.26. The number of nitrogens with zero attached hydrogens (tertiary/aromatic N) is 1. The molecule has 1 atom stereocenters. The van der Waals surface area contributed by atoms with E-state index < -0.39 is 6.10 Å². The topological polar surface area (TPSA) is 33.1 Å². The van der Waals surface area contributed by atoms with E-state index in [9.17, 15) is 5.11 Å². The second-order valence-corrected chi connectivity index (χ2v) is 5.31. The van der Waals surface area contributed by atoms with E-state index in [1.54, 1.807) is 6.20 Å². The maximum absolute atomic E-state index is 10.5. The van der Waals surface area contributed by atoms with Gasteiger partial charge < -0.3 is 5.11 Å². The first-order valence-electron chi connectivity index (χ1n) is 7.40. The lowest BCUT2D eigenvalue weighted by molar-refractivity contribution is 0.166. The minimum absolute atomic E-state index is 0.429. The number of fused-ring (bicyclic) bond motifs is 1. The van der Waals surface area contributed by atoms with Crippen molar-refractivity contribution in [3.63, 3.8) is 0 Å². The van der Waals surface area contributed by atoms with E-state index in [2.05, 4.69) is 29.2 Å². The number of hydrogen-bond acceptors (Lipinski definition) is 2. The zero-order valence-corrected chi connectivity index (χ0v) is 11.9. The molecule has 0 aliphatic carbocycles. The average Bonchev–Trinajstić information content (AvgIpc) is 2.55. The molecule has 0 saturated heterocycles. The van der Waals surface area contributed by atoms with Crippen LogP contribution in [0.4, 0.5) is 0 Å². The second kappa shape index (κ2) is 6.51. The molecule has 2 aromatic carbocycles. The Morgan fingerprint density at radius 1 is 0.905 bits per heavy atom. The van der Waals surface area contributed by atoms with Gasteiger partial charge in [0.2, 0.25) is 0 Å². The number of hydrogen-bond donors (Lipinski definition) is 1. The van der Waals surface area contributed by atoms with Crippen LogP contribution in [0.25, 0.3) is 10.9 Å². The van der Waals surface area contributed by atoms with Gasteiger partial charge in [-0.25, -0.2) is 0 Å². The Hall–Kier alpha value is -2.19. The first-order chi connectivity index (χ1) is 10.3. The summed E-state index contributed by atoms with van der Waals surface area (Å²) in [5.41, 5.74) is 3.25. The van der Waals surface area contributed by atoms with Crippen molar-refractivity contribution in [2.75, 3.05) is 0 Å². The Morgan fingerprint density at radius 3 is 2.52 bits per heavy atom. The van der Waals surface area contributed by atoms with Gasteiger partial charge in [-0.3, -0.25) is 4.98 Å². The molecule has 3 aromatic rings. The molecule has 2 nitrogen and oxygen atoms in total. The van der Waals surface area contributed by atoms with Crippen molar-refractivity contribution in [3.8, 4) is 0 Å². The summed E-state index contributed by atoms with van der Waals surface area (Å²) in [6.45, 7) is 0. The Balaban J connectivity index is 1.68. The van der Waals surface area contributed by atoms with Crippen LogP contribution in [0, 0.1) is 0 Å². The molecule has 1 heterocycles. The average molecular weight is 277 g/mol. The van der Waals surface area contributed by atoms with Gasteiger partial charge in [0.25, 0.3) is 0 Å². The maximum Gasteiger partial charge on any atom is 0.0797 e. The molecule has 1 N–H and O–H groups in total. The van der Waals surface area contributed by atoms with E-state index in [0.717, 1.165) is 35.7 Å². The molecule has 2 heteroatoms. The standard InChI is InChI=1S/C19H19NO/c21-19(12-6-9-15-7-2-1-3-8-15)17-13-14-20-18-11-5-4-10-16(17)18/h1-5,7-8,10-11,13-14,19,21H,6,9,12H2. The lowest BCUT2D eigenvalue weighted by Gasteiger charge is -2.13. The smallest absolute Gasteiger partial charge is 0.0797 e. The Bertz CT molecular complexity index is 704.